The van der Waals surface area contributed by atoms with Crippen LogP contribution in [0.25, 0.3) is 0 Å². The zero-order chi connectivity index (χ0) is 30.7. The molecule has 1 aromatic heterocycles. The molecule has 4 aliphatic carbocycles. The van der Waals surface area contributed by atoms with Crippen LogP contribution in [0.15, 0.2) is 54.2 Å². The van der Waals surface area contributed by atoms with E-state index in [-0.39, 0.29) is 17.3 Å². The Hall–Kier alpha value is -2.54. The number of allylic oxidation sites excluding steroid dienone is 2. The van der Waals surface area contributed by atoms with Gasteiger partial charge < -0.3 is 15.1 Å². The van der Waals surface area contributed by atoms with Gasteiger partial charge in [-0.05, 0) is 100.0 Å². The fraction of sp³-hybridized carbons (Fsp3) is 0.632. The Morgan fingerprint density at radius 1 is 1.00 bits per heavy atom. The minimum absolute atomic E-state index is 0.0917. The maximum atomic E-state index is 14.2. The van der Waals surface area contributed by atoms with Crippen LogP contribution in [0.4, 0.5) is 5.82 Å². The van der Waals surface area contributed by atoms with Crippen molar-refractivity contribution in [2.45, 2.75) is 109 Å². The van der Waals surface area contributed by atoms with Gasteiger partial charge in [-0.2, -0.15) is 0 Å². The Morgan fingerprint density at radius 3 is 2.55 bits per heavy atom. The van der Waals surface area contributed by atoms with Gasteiger partial charge in [0, 0.05) is 55.8 Å². The number of Topliss-reactive ketones (excluding diaryl/α,β-unsaturated/α-hetero) is 1. The number of ketones is 1. The summed E-state index contributed by atoms with van der Waals surface area (Å²) in [4.78, 5) is 23.6. The van der Waals surface area contributed by atoms with Crippen LogP contribution in [0.1, 0.15) is 112 Å². The second-order valence-corrected chi connectivity index (χ2v) is 14.6. The molecule has 2 saturated carbocycles. The minimum atomic E-state index is -0.844. The molecule has 2 heterocycles. The number of nitrogens with zero attached hydrogens (tertiary/aromatic N) is 3. The van der Waals surface area contributed by atoms with Crippen molar-refractivity contribution in [3.8, 4) is 0 Å². The molecule has 1 saturated heterocycles. The number of aliphatic hydroxyl groups excluding tert-OH is 1. The van der Waals surface area contributed by atoms with Crippen LogP contribution >= 0.6 is 0 Å². The van der Waals surface area contributed by atoms with E-state index in [2.05, 4.69) is 59.0 Å². The van der Waals surface area contributed by atoms with Gasteiger partial charge in [-0.3, -0.25) is 9.69 Å². The molecule has 6 nitrogen and oxygen atoms in total. The van der Waals surface area contributed by atoms with Crippen molar-refractivity contribution < 1.29 is 15.0 Å². The van der Waals surface area contributed by atoms with Crippen LogP contribution in [-0.4, -0.2) is 70.3 Å². The maximum absolute atomic E-state index is 14.2. The molecule has 7 rings (SSSR count). The molecule has 0 unspecified atom stereocenters. The minimum Gasteiger partial charge on any atom is -0.393 e. The lowest BCUT2D eigenvalue weighted by molar-refractivity contribution is -0.0841. The van der Waals surface area contributed by atoms with E-state index in [4.69, 9.17) is 0 Å². The molecule has 2 N–H and O–H groups in total. The van der Waals surface area contributed by atoms with Gasteiger partial charge >= 0.3 is 0 Å². The van der Waals surface area contributed by atoms with Crippen molar-refractivity contribution >= 4 is 11.6 Å². The van der Waals surface area contributed by atoms with Gasteiger partial charge in [0.25, 0.3) is 0 Å². The van der Waals surface area contributed by atoms with Gasteiger partial charge in [-0.15, -0.1) is 0 Å². The third kappa shape index (κ3) is 6.54. The van der Waals surface area contributed by atoms with E-state index in [1.165, 1.54) is 12.0 Å². The first kappa shape index (κ1) is 31.4. The summed E-state index contributed by atoms with van der Waals surface area (Å²) in [5, 5.41) is 23.6. The number of fused-ring (bicyclic) bond motifs is 8. The zero-order valence-corrected chi connectivity index (χ0v) is 27.0. The number of piperazine rings is 1. The summed E-state index contributed by atoms with van der Waals surface area (Å²) in [5.41, 5.74) is 3.17. The number of anilines is 1. The van der Waals surface area contributed by atoms with Crippen molar-refractivity contribution in [3.05, 3.63) is 70.9 Å². The number of β-amino-alcohol motifs (C(OH)–C–C–N with tert-alkyl or cyclic N) is 1. The van der Waals surface area contributed by atoms with Crippen LogP contribution in [0.2, 0.25) is 0 Å². The molecule has 238 valence electrons. The predicted molar refractivity (Wildman–Crippen MR) is 177 cm³/mol. The van der Waals surface area contributed by atoms with Crippen molar-refractivity contribution in [1.82, 2.24) is 9.88 Å². The van der Waals surface area contributed by atoms with Crippen LogP contribution in [-0.2, 0) is 6.42 Å². The highest BCUT2D eigenvalue weighted by Crippen LogP contribution is 2.59. The first-order valence-electron chi connectivity index (χ1n) is 17.4. The fourth-order valence-electron chi connectivity index (χ4n) is 8.84. The van der Waals surface area contributed by atoms with Crippen molar-refractivity contribution in [2.24, 2.45) is 11.3 Å². The Balaban J connectivity index is 1.31. The molecule has 0 spiro atoms. The number of hydrogen-bond donors (Lipinski definition) is 2. The van der Waals surface area contributed by atoms with Gasteiger partial charge in [0.1, 0.15) is 5.82 Å². The number of aromatic nitrogens is 1. The molecule has 2 aromatic rings. The number of rotatable bonds is 5. The van der Waals surface area contributed by atoms with Crippen molar-refractivity contribution in [3.63, 3.8) is 0 Å². The Bertz CT molecular complexity index is 1310. The molecule has 1 aliphatic heterocycles. The first-order chi connectivity index (χ1) is 21.3. The second-order valence-electron chi connectivity index (χ2n) is 14.6. The van der Waals surface area contributed by atoms with Crippen LogP contribution in [0.3, 0.4) is 0 Å². The van der Waals surface area contributed by atoms with Crippen LogP contribution in [0, 0.1) is 11.3 Å². The molecular formula is C38H53N3O3. The summed E-state index contributed by atoms with van der Waals surface area (Å²) < 4.78 is 0. The third-order valence-electron chi connectivity index (χ3n) is 11.7. The largest absolute Gasteiger partial charge is 0.393 e. The van der Waals surface area contributed by atoms with Gasteiger partial charge in [0.2, 0.25) is 0 Å². The summed E-state index contributed by atoms with van der Waals surface area (Å²) in [6.45, 7) is 8.77. The van der Waals surface area contributed by atoms with Crippen LogP contribution in [0.5, 0.6) is 0 Å². The highest BCUT2D eigenvalue weighted by Gasteiger charge is 2.57. The molecule has 0 amide bonds. The Morgan fingerprint density at radius 2 is 1.80 bits per heavy atom. The van der Waals surface area contributed by atoms with E-state index in [1.807, 2.05) is 18.3 Å². The monoisotopic (exact) mass is 599 g/mol. The van der Waals surface area contributed by atoms with Crippen molar-refractivity contribution in [2.75, 3.05) is 37.6 Å². The van der Waals surface area contributed by atoms with Crippen LogP contribution < -0.4 is 4.90 Å². The van der Waals surface area contributed by atoms with E-state index in [9.17, 15) is 15.0 Å². The lowest BCUT2D eigenvalue weighted by atomic mass is 9.64. The molecule has 1 aromatic carbocycles. The predicted octanol–water partition coefficient (Wildman–Crippen LogP) is 6.71. The molecule has 6 heteroatoms. The van der Waals surface area contributed by atoms with E-state index >= 15 is 0 Å². The number of benzene rings is 1. The molecular weight excluding hydrogens is 546 g/mol. The van der Waals surface area contributed by atoms with E-state index in [0.717, 1.165) is 113 Å². The highest BCUT2D eigenvalue weighted by molar-refractivity contribution is 5.99. The summed E-state index contributed by atoms with van der Waals surface area (Å²) in [5.74, 6) is 1.52. The topological polar surface area (TPSA) is 76.9 Å². The average Bonchev–Trinajstić information content (AvgIpc) is 3.29. The normalized spacial score (nSPS) is 30.9. The third-order valence-corrected chi connectivity index (χ3v) is 11.7. The molecule has 2 bridgehead atoms. The van der Waals surface area contributed by atoms with E-state index in [1.54, 1.807) is 0 Å². The summed E-state index contributed by atoms with van der Waals surface area (Å²) in [7, 11) is 0. The van der Waals surface area contributed by atoms with Crippen molar-refractivity contribution in [1.29, 1.82) is 0 Å². The number of hydrogen-bond acceptors (Lipinski definition) is 6. The SMILES string of the molecule is CC1=CCC[C@@]2(C)[C@@H](CC[C@@]2(O)CN2CCN(c3ccccn3)CC2)c2ccc(cc2C(=O)C2CCCCC2)C[C@@H](O)CC1. The lowest BCUT2D eigenvalue weighted by Crippen LogP contribution is -2.56. The van der Waals surface area contributed by atoms with E-state index in [0.29, 0.717) is 18.7 Å². The van der Waals surface area contributed by atoms with Gasteiger partial charge in [-0.1, -0.05) is 56.0 Å². The lowest BCUT2D eigenvalue weighted by Gasteiger charge is -2.47. The first-order valence-corrected chi connectivity index (χ1v) is 17.4. The highest BCUT2D eigenvalue weighted by atomic mass is 16.3. The fourth-order valence-corrected chi connectivity index (χ4v) is 8.84. The molecule has 5 aliphatic rings. The number of aliphatic hydroxyl groups is 2. The molecule has 0 radical (unpaired) electrons. The number of carbonyl (C=O) groups is 1. The summed E-state index contributed by atoms with van der Waals surface area (Å²) in [6, 6.07) is 12.6. The van der Waals surface area contributed by atoms with Gasteiger partial charge in [-0.25, -0.2) is 4.98 Å². The second kappa shape index (κ2) is 13.4. The Labute approximate surface area is 264 Å². The van der Waals surface area contributed by atoms with Gasteiger partial charge in [0.15, 0.2) is 5.78 Å². The molecule has 3 fully saturated rings. The standard InChI is InChI=1S/C38H53N3O3/c1-28-9-8-18-37(2)34(17-19-38(37,44)27-40-21-23-41(24-22-40)35-12-6-7-20-39-35)32-16-14-29(25-31(42)15-13-28)26-33(32)36(43)30-10-4-3-5-11-30/h6-7,9,12,14,16,20,26,30-31,34,42,44H,3-5,8,10-11,13,15,17-19,21-25,27H2,1-2H3/t31-,34-,37-,38+/m0/s1. The van der Waals surface area contributed by atoms with E-state index < -0.39 is 11.7 Å². The Kier molecular flexibility index (Phi) is 9.61. The smallest absolute Gasteiger partial charge is 0.166 e. The van der Waals surface area contributed by atoms with Gasteiger partial charge in [0.05, 0.1) is 11.7 Å². The number of pyridine rings is 1. The zero-order valence-electron chi connectivity index (χ0n) is 27.0. The number of carbonyl (C=O) groups excluding carboxylic acids is 1. The quantitative estimate of drug-likeness (QED) is 0.294. The average molecular weight is 600 g/mol. The maximum Gasteiger partial charge on any atom is 0.166 e. The summed E-state index contributed by atoms with van der Waals surface area (Å²) >= 11 is 0. The molecule has 44 heavy (non-hydrogen) atoms. The summed E-state index contributed by atoms with van der Waals surface area (Å²) in [6.07, 6.45) is 14.8. The molecule has 4 atom stereocenters.